The molecule has 1 aliphatic rings. The Bertz CT molecular complexity index is 887. The van der Waals surface area contributed by atoms with Gasteiger partial charge in [0.15, 0.2) is 11.5 Å². The van der Waals surface area contributed by atoms with Gasteiger partial charge in [-0.25, -0.2) is 0 Å². The molecule has 2 aromatic rings. The quantitative estimate of drug-likeness (QED) is 0.379. The van der Waals surface area contributed by atoms with E-state index >= 15 is 0 Å². The molecule has 2 amide bonds. The molecule has 1 aromatic carbocycles. The average Bonchev–Trinajstić information content (AvgIpc) is 3.50. The van der Waals surface area contributed by atoms with E-state index in [1.54, 1.807) is 28.2 Å². The molecule has 8 heteroatoms. The summed E-state index contributed by atoms with van der Waals surface area (Å²) in [4.78, 5) is 30.8. The van der Waals surface area contributed by atoms with Crippen LogP contribution < -0.4 is 9.47 Å². The van der Waals surface area contributed by atoms with Crippen LogP contribution in [-0.4, -0.2) is 55.2 Å². The maximum atomic E-state index is 13.4. The Balaban J connectivity index is 1.69. The fourth-order valence-corrected chi connectivity index (χ4v) is 4.42. The fraction of sp³-hybridized carbons (Fsp3) is 0.520. The van der Waals surface area contributed by atoms with Crippen molar-refractivity contribution in [3.63, 3.8) is 0 Å². The molecule has 0 unspecified atom stereocenters. The summed E-state index contributed by atoms with van der Waals surface area (Å²) in [5.74, 6) is 1.34. The van der Waals surface area contributed by atoms with Crippen molar-refractivity contribution in [1.29, 1.82) is 0 Å². The molecule has 0 aliphatic carbocycles. The lowest BCUT2D eigenvalue weighted by Gasteiger charge is -2.27. The molecule has 7 nitrogen and oxygen atoms in total. The van der Waals surface area contributed by atoms with Crippen molar-refractivity contribution in [3.05, 3.63) is 46.2 Å². The molecule has 0 bridgehead atoms. The minimum atomic E-state index is -0.0842. The van der Waals surface area contributed by atoms with Crippen molar-refractivity contribution >= 4 is 23.2 Å². The summed E-state index contributed by atoms with van der Waals surface area (Å²) in [6.07, 6.45) is 4.58. The number of unbranched alkanes of at least 4 members (excludes halogenated alkanes) is 3. The Morgan fingerprint density at radius 3 is 2.64 bits per heavy atom. The van der Waals surface area contributed by atoms with Crippen LogP contribution >= 0.6 is 11.3 Å². The standard InChI is InChI=1S/C25H34N2O5S/c1-3-4-5-6-9-24(28)26(12-13-30-2)18-25(29)27(17-21-8-7-14-33-21)16-20-10-11-22-23(15-20)32-19-31-22/h7-8,10-11,14-15H,3-6,9,12-13,16-19H2,1-2H3. The van der Waals surface area contributed by atoms with Crippen molar-refractivity contribution in [1.82, 2.24) is 9.80 Å². The number of methoxy groups -OCH3 is 1. The van der Waals surface area contributed by atoms with Gasteiger partial charge in [-0.3, -0.25) is 9.59 Å². The Kier molecular flexibility index (Phi) is 10.0. The van der Waals surface area contributed by atoms with E-state index in [1.807, 2.05) is 35.7 Å². The largest absolute Gasteiger partial charge is 0.454 e. The molecule has 1 aliphatic heterocycles. The minimum Gasteiger partial charge on any atom is -0.454 e. The van der Waals surface area contributed by atoms with Gasteiger partial charge >= 0.3 is 0 Å². The SMILES string of the molecule is CCCCCCC(=O)N(CCOC)CC(=O)N(Cc1ccc2c(c1)OCO2)Cc1cccs1. The van der Waals surface area contributed by atoms with Gasteiger partial charge in [-0.15, -0.1) is 11.3 Å². The van der Waals surface area contributed by atoms with E-state index in [0.29, 0.717) is 44.2 Å². The smallest absolute Gasteiger partial charge is 0.242 e. The Labute approximate surface area is 200 Å². The van der Waals surface area contributed by atoms with Gasteiger partial charge in [-0.1, -0.05) is 38.3 Å². The highest BCUT2D eigenvalue weighted by Crippen LogP contribution is 2.33. The number of nitrogens with zero attached hydrogens (tertiary/aromatic N) is 2. The topological polar surface area (TPSA) is 68.3 Å². The van der Waals surface area contributed by atoms with Crippen molar-refractivity contribution in [2.45, 2.75) is 52.1 Å². The van der Waals surface area contributed by atoms with Crippen LogP contribution in [0, 0.1) is 0 Å². The second-order valence-electron chi connectivity index (χ2n) is 8.14. The number of fused-ring (bicyclic) bond motifs is 1. The Hall–Kier alpha value is -2.58. The molecular weight excluding hydrogens is 440 g/mol. The molecule has 0 radical (unpaired) electrons. The van der Waals surface area contributed by atoms with Gasteiger partial charge in [0, 0.05) is 31.5 Å². The number of hydrogen-bond donors (Lipinski definition) is 0. The zero-order valence-electron chi connectivity index (χ0n) is 19.6. The van der Waals surface area contributed by atoms with Gasteiger partial charge in [-0.05, 0) is 35.6 Å². The minimum absolute atomic E-state index is 0.00987. The summed E-state index contributed by atoms with van der Waals surface area (Å²) in [5, 5.41) is 2.00. The van der Waals surface area contributed by atoms with E-state index in [4.69, 9.17) is 14.2 Å². The first-order valence-corrected chi connectivity index (χ1v) is 12.4. The monoisotopic (exact) mass is 474 g/mol. The molecule has 2 heterocycles. The second kappa shape index (κ2) is 13.2. The van der Waals surface area contributed by atoms with Gasteiger partial charge < -0.3 is 24.0 Å². The lowest BCUT2D eigenvalue weighted by atomic mass is 10.1. The molecule has 3 rings (SSSR count). The van der Waals surface area contributed by atoms with Crippen molar-refractivity contribution in [3.8, 4) is 11.5 Å². The summed E-state index contributed by atoms with van der Waals surface area (Å²) < 4.78 is 16.1. The van der Waals surface area contributed by atoms with Crippen LogP contribution in [0.5, 0.6) is 11.5 Å². The van der Waals surface area contributed by atoms with Gasteiger partial charge in [0.25, 0.3) is 0 Å². The average molecular weight is 475 g/mol. The Morgan fingerprint density at radius 2 is 1.88 bits per heavy atom. The highest BCUT2D eigenvalue weighted by atomic mass is 32.1. The van der Waals surface area contributed by atoms with Gasteiger partial charge in [-0.2, -0.15) is 0 Å². The molecule has 0 atom stereocenters. The van der Waals surface area contributed by atoms with E-state index < -0.39 is 0 Å². The second-order valence-corrected chi connectivity index (χ2v) is 9.17. The van der Waals surface area contributed by atoms with E-state index in [0.717, 1.165) is 36.1 Å². The van der Waals surface area contributed by atoms with E-state index in [-0.39, 0.29) is 25.2 Å². The molecule has 180 valence electrons. The number of amides is 2. The van der Waals surface area contributed by atoms with Crippen LogP contribution in [-0.2, 0) is 27.4 Å². The zero-order valence-corrected chi connectivity index (χ0v) is 20.4. The van der Waals surface area contributed by atoms with Crippen molar-refractivity contribution in [2.24, 2.45) is 0 Å². The van der Waals surface area contributed by atoms with Crippen LogP contribution in [0.3, 0.4) is 0 Å². The first-order chi connectivity index (χ1) is 16.1. The summed E-state index contributed by atoms with van der Waals surface area (Å²) in [6, 6.07) is 9.73. The van der Waals surface area contributed by atoms with E-state index in [2.05, 4.69) is 6.92 Å². The maximum absolute atomic E-state index is 13.4. The number of hydrogen-bond acceptors (Lipinski definition) is 6. The fourth-order valence-electron chi connectivity index (χ4n) is 3.70. The first kappa shape index (κ1) is 25.1. The molecule has 33 heavy (non-hydrogen) atoms. The lowest BCUT2D eigenvalue weighted by molar-refractivity contribution is -0.141. The normalized spacial score (nSPS) is 12.1. The number of carbonyl (C=O) groups excluding carboxylic acids is 2. The van der Waals surface area contributed by atoms with Crippen LogP contribution in [0.4, 0.5) is 0 Å². The first-order valence-electron chi connectivity index (χ1n) is 11.6. The third-order valence-electron chi connectivity index (χ3n) is 5.58. The number of rotatable bonds is 14. The van der Waals surface area contributed by atoms with Crippen LogP contribution in [0.25, 0.3) is 0 Å². The molecular formula is C25H34N2O5S. The number of thiophene rings is 1. The number of benzene rings is 1. The highest BCUT2D eigenvalue weighted by molar-refractivity contribution is 7.09. The highest BCUT2D eigenvalue weighted by Gasteiger charge is 2.23. The number of carbonyl (C=O) groups is 2. The molecule has 0 saturated heterocycles. The van der Waals surface area contributed by atoms with E-state index in [9.17, 15) is 9.59 Å². The maximum Gasteiger partial charge on any atom is 0.242 e. The van der Waals surface area contributed by atoms with E-state index in [1.165, 1.54) is 0 Å². The Morgan fingerprint density at radius 1 is 1.03 bits per heavy atom. The molecule has 0 N–H and O–H groups in total. The summed E-state index contributed by atoms with van der Waals surface area (Å²) >= 11 is 1.61. The number of ether oxygens (including phenoxy) is 3. The van der Waals surface area contributed by atoms with Crippen molar-refractivity contribution < 1.29 is 23.8 Å². The predicted molar refractivity (Wildman–Crippen MR) is 128 cm³/mol. The predicted octanol–water partition coefficient (Wildman–Crippen LogP) is 4.45. The zero-order chi connectivity index (χ0) is 23.5. The third-order valence-corrected chi connectivity index (χ3v) is 6.44. The summed E-state index contributed by atoms with van der Waals surface area (Å²) in [5.41, 5.74) is 0.957. The van der Waals surface area contributed by atoms with Gasteiger partial charge in [0.1, 0.15) is 0 Å². The van der Waals surface area contributed by atoms with Crippen molar-refractivity contribution in [2.75, 3.05) is 33.6 Å². The molecule has 0 fully saturated rings. The molecule has 0 saturated carbocycles. The van der Waals surface area contributed by atoms with Gasteiger partial charge in [0.2, 0.25) is 18.6 Å². The van der Waals surface area contributed by atoms with Crippen LogP contribution in [0.15, 0.2) is 35.7 Å². The van der Waals surface area contributed by atoms with Crippen LogP contribution in [0.1, 0.15) is 49.5 Å². The third kappa shape index (κ3) is 7.75. The lowest BCUT2D eigenvalue weighted by Crippen LogP contribution is -2.43. The van der Waals surface area contributed by atoms with Gasteiger partial charge in [0.05, 0.1) is 19.7 Å². The summed E-state index contributed by atoms with van der Waals surface area (Å²) in [6.45, 7) is 4.14. The van der Waals surface area contributed by atoms with Crippen LogP contribution in [0.2, 0.25) is 0 Å². The molecule has 0 spiro atoms. The summed E-state index contributed by atoms with van der Waals surface area (Å²) in [7, 11) is 1.61. The molecule has 1 aromatic heterocycles.